The van der Waals surface area contributed by atoms with Crippen molar-refractivity contribution >= 4 is 25.8 Å². The first-order chi connectivity index (χ1) is 10.2. The average Bonchev–Trinajstić information content (AvgIpc) is 2.45. The Bertz CT molecular complexity index is 709. The Balaban J connectivity index is 2.48. The number of amides is 1. The first-order valence-corrected chi connectivity index (χ1v) is 9.94. The van der Waals surface area contributed by atoms with Gasteiger partial charge in [-0.3, -0.25) is 4.79 Å². The number of aryl methyl sites for hydroxylation is 1. The summed E-state index contributed by atoms with van der Waals surface area (Å²) in [6.45, 7) is 1.79. The molecule has 9 heteroatoms. The van der Waals surface area contributed by atoms with Crippen molar-refractivity contribution in [1.29, 1.82) is 0 Å². The van der Waals surface area contributed by atoms with Crippen molar-refractivity contribution in [2.75, 3.05) is 25.1 Å². The number of nitrogens with one attached hydrogen (secondary N) is 2. The number of sulfonamides is 1. The second-order valence-corrected chi connectivity index (χ2v) is 8.91. The molecule has 0 aliphatic heterocycles. The molecule has 22 heavy (non-hydrogen) atoms. The Morgan fingerprint density at radius 3 is 2.18 bits per heavy atom. The highest BCUT2D eigenvalue weighted by molar-refractivity contribution is 7.91. The molecule has 0 bridgehead atoms. The zero-order valence-electron chi connectivity index (χ0n) is 12.5. The molecule has 0 saturated carbocycles. The standard InChI is InChI=1S/C13H20N2O5S2/c1-11-3-5-12(6-4-11)21(17,18)9-7-13(16)15-8-10-22(19,20)14-2/h3-6,14H,7-10H2,1-2H3,(H,15,16). The van der Waals surface area contributed by atoms with Crippen molar-refractivity contribution in [2.24, 2.45) is 0 Å². The molecule has 0 spiro atoms. The number of benzene rings is 1. The zero-order valence-corrected chi connectivity index (χ0v) is 14.1. The van der Waals surface area contributed by atoms with Gasteiger partial charge in [0.05, 0.1) is 16.4 Å². The molecule has 0 atom stereocenters. The van der Waals surface area contributed by atoms with Gasteiger partial charge in [-0.25, -0.2) is 21.6 Å². The van der Waals surface area contributed by atoms with Crippen LogP contribution in [0, 0.1) is 6.92 Å². The summed E-state index contributed by atoms with van der Waals surface area (Å²) in [4.78, 5) is 11.7. The lowest BCUT2D eigenvalue weighted by atomic mass is 10.2. The van der Waals surface area contributed by atoms with Gasteiger partial charge >= 0.3 is 0 Å². The van der Waals surface area contributed by atoms with Crippen molar-refractivity contribution in [3.05, 3.63) is 29.8 Å². The quantitative estimate of drug-likeness (QED) is 0.677. The number of carbonyl (C=O) groups is 1. The highest BCUT2D eigenvalue weighted by Gasteiger charge is 2.16. The van der Waals surface area contributed by atoms with E-state index in [0.717, 1.165) is 5.56 Å². The fraction of sp³-hybridized carbons (Fsp3) is 0.462. The lowest BCUT2D eigenvalue weighted by molar-refractivity contribution is -0.120. The van der Waals surface area contributed by atoms with Gasteiger partial charge in [0.25, 0.3) is 0 Å². The number of hydrogen-bond donors (Lipinski definition) is 2. The SMILES string of the molecule is CNS(=O)(=O)CCNC(=O)CCS(=O)(=O)c1ccc(C)cc1. The molecule has 1 aromatic rings. The molecule has 0 aromatic heterocycles. The van der Waals surface area contributed by atoms with Crippen molar-refractivity contribution in [3.63, 3.8) is 0 Å². The van der Waals surface area contributed by atoms with E-state index < -0.39 is 25.8 Å². The van der Waals surface area contributed by atoms with Crippen LogP contribution in [-0.2, 0) is 24.7 Å². The molecule has 0 unspecified atom stereocenters. The Hall–Kier alpha value is -1.45. The minimum atomic E-state index is -3.52. The van der Waals surface area contributed by atoms with Crippen LogP contribution < -0.4 is 10.0 Å². The number of hydrogen-bond acceptors (Lipinski definition) is 5. The van der Waals surface area contributed by atoms with Crippen LogP contribution in [0.25, 0.3) is 0 Å². The zero-order chi connectivity index (χ0) is 16.8. The second-order valence-electron chi connectivity index (χ2n) is 4.75. The van der Waals surface area contributed by atoms with Crippen molar-refractivity contribution in [2.45, 2.75) is 18.2 Å². The minimum Gasteiger partial charge on any atom is -0.355 e. The monoisotopic (exact) mass is 348 g/mol. The summed E-state index contributed by atoms with van der Waals surface area (Å²) in [6, 6.07) is 6.38. The third kappa shape index (κ3) is 6.12. The van der Waals surface area contributed by atoms with E-state index in [2.05, 4.69) is 10.0 Å². The maximum Gasteiger partial charge on any atom is 0.221 e. The molecule has 0 heterocycles. The van der Waals surface area contributed by atoms with Crippen LogP contribution in [-0.4, -0.2) is 47.8 Å². The van der Waals surface area contributed by atoms with Crippen LogP contribution >= 0.6 is 0 Å². The van der Waals surface area contributed by atoms with Crippen molar-refractivity contribution in [3.8, 4) is 0 Å². The maximum atomic E-state index is 12.0. The fourth-order valence-electron chi connectivity index (χ4n) is 1.61. The van der Waals surface area contributed by atoms with Crippen molar-refractivity contribution < 1.29 is 21.6 Å². The van der Waals surface area contributed by atoms with Gasteiger partial charge in [0.15, 0.2) is 9.84 Å². The van der Waals surface area contributed by atoms with Crippen LogP contribution in [0.15, 0.2) is 29.2 Å². The van der Waals surface area contributed by atoms with Gasteiger partial charge in [0.2, 0.25) is 15.9 Å². The van der Waals surface area contributed by atoms with Crippen LogP contribution in [0.3, 0.4) is 0 Å². The highest BCUT2D eigenvalue weighted by Crippen LogP contribution is 2.12. The number of carbonyl (C=O) groups excluding carboxylic acids is 1. The first-order valence-electron chi connectivity index (χ1n) is 6.63. The third-order valence-corrected chi connectivity index (χ3v) is 6.08. The summed E-state index contributed by atoms with van der Waals surface area (Å²) in [5, 5.41) is 2.38. The van der Waals surface area contributed by atoms with Gasteiger partial charge in [0.1, 0.15) is 0 Å². The summed E-state index contributed by atoms with van der Waals surface area (Å²) in [6.07, 6.45) is -0.212. The molecule has 7 nitrogen and oxygen atoms in total. The molecule has 0 radical (unpaired) electrons. The predicted octanol–water partition coefficient (Wildman–Crippen LogP) is -0.176. The molecule has 0 saturated heterocycles. The van der Waals surface area contributed by atoms with Crippen LogP contribution in [0.1, 0.15) is 12.0 Å². The Labute approximate surface area is 131 Å². The third-order valence-electron chi connectivity index (χ3n) is 2.98. The highest BCUT2D eigenvalue weighted by atomic mass is 32.2. The van der Waals surface area contributed by atoms with Gasteiger partial charge in [-0.2, -0.15) is 0 Å². The normalized spacial score (nSPS) is 12.1. The molecule has 0 fully saturated rings. The van der Waals surface area contributed by atoms with Crippen LogP contribution in [0.4, 0.5) is 0 Å². The predicted molar refractivity (Wildman–Crippen MR) is 83.7 cm³/mol. The van der Waals surface area contributed by atoms with Crippen molar-refractivity contribution in [1.82, 2.24) is 10.0 Å². The molecular weight excluding hydrogens is 328 g/mol. The number of sulfone groups is 1. The molecule has 1 rings (SSSR count). The fourth-order valence-corrected chi connectivity index (χ4v) is 3.42. The Morgan fingerprint density at radius 1 is 1.05 bits per heavy atom. The van der Waals surface area contributed by atoms with Gasteiger partial charge < -0.3 is 5.32 Å². The van der Waals surface area contributed by atoms with Crippen LogP contribution in [0.2, 0.25) is 0 Å². The minimum absolute atomic E-state index is 0.0629. The van der Waals surface area contributed by atoms with E-state index in [1.807, 2.05) is 6.92 Å². The number of rotatable bonds is 8. The lowest BCUT2D eigenvalue weighted by Gasteiger charge is -2.07. The van der Waals surface area contributed by atoms with E-state index >= 15 is 0 Å². The van der Waals surface area contributed by atoms with E-state index in [4.69, 9.17) is 0 Å². The Kier molecular flexibility index (Phi) is 6.51. The molecule has 2 N–H and O–H groups in total. The summed E-state index contributed by atoms with van der Waals surface area (Å²) < 4.78 is 48.5. The smallest absolute Gasteiger partial charge is 0.221 e. The summed E-state index contributed by atoms with van der Waals surface area (Å²) in [7, 11) is -5.63. The Morgan fingerprint density at radius 2 is 1.64 bits per heavy atom. The van der Waals surface area contributed by atoms with Gasteiger partial charge in [0, 0.05) is 13.0 Å². The first kappa shape index (κ1) is 18.6. The summed E-state index contributed by atoms with van der Waals surface area (Å²) in [5.74, 6) is -1.07. The molecule has 0 aliphatic rings. The summed E-state index contributed by atoms with van der Waals surface area (Å²) in [5.41, 5.74) is 0.947. The van der Waals surface area contributed by atoms with E-state index in [1.54, 1.807) is 12.1 Å². The van der Waals surface area contributed by atoms with E-state index in [0.29, 0.717) is 0 Å². The molecule has 0 aliphatic carbocycles. The largest absolute Gasteiger partial charge is 0.355 e. The van der Waals surface area contributed by atoms with Gasteiger partial charge in [-0.05, 0) is 26.1 Å². The molecule has 1 amide bonds. The maximum absolute atomic E-state index is 12.0. The second kappa shape index (κ2) is 7.70. The molecule has 1 aromatic carbocycles. The average molecular weight is 348 g/mol. The van der Waals surface area contributed by atoms with Gasteiger partial charge in [-0.15, -0.1) is 0 Å². The molecule has 124 valence electrons. The van der Waals surface area contributed by atoms with E-state index in [-0.39, 0.29) is 29.4 Å². The topological polar surface area (TPSA) is 109 Å². The van der Waals surface area contributed by atoms with Gasteiger partial charge in [-0.1, -0.05) is 17.7 Å². The van der Waals surface area contributed by atoms with Crippen LogP contribution in [0.5, 0.6) is 0 Å². The lowest BCUT2D eigenvalue weighted by Crippen LogP contribution is -2.33. The van der Waals surface area contributed by atoms with E-state index in [1.165, 1.54) is 19.2 Å². The summed E-state index contributed by atoms with van der Waals surface area (Å²) >= 11 is 0. The molecular formula is C13H20N2O5S2. The van der Waals surface area contributed by atoms with E-state index in [9.17, 15) is 21.6 Å².